The van der Waals surface area contributed by atoms with Crippen LogP contribution in [-0.4, -0.2) is 9.55 Å². The standard InChI is InChI=1S/C14H19FN2S/c1-9(14(2,3)4)8-17-11-7-5-6-10(15)12(11)16-13(17)18/h5-7,9H,8H2,1-4H3,(H,16,18). The molecule has 1 aromatic carbocycles. The number of fused-ring (bicyclic) bond motifs is 1. The monoisotopic (exact) mass is 266 g/mol. The van der Waals surface area contributed by atoms with Crippen LogP contribution in [0.1, 0.15) is 27.7 Å². The van der Waals surface area contributed by atoms with E-state index < -0.39 is 0 Å². The molecule has 1 unspecified atom stereocenters. The van der Waals surface area contributed by atoms with Crippen molar-refractivity contribution >= 4 is 23.3 Å². The molecular weight excluding hydrogens is 247 g/mol. The average Bonchev–Trinajstić information content (AvgIpc) is 2.57. The maximum absolute atomic E-state index is 13.7. The summed E-state index contributed by atoms with van der Waals surface area (Å²) in [5.41, 5.74) is 1.55. The fraction of sp³-hybridized carbons (Fsp3) is 0.500. The molecule has 0 radical (unpaired) electrons. The molecule has 0 aliphatic heterocycles. The van der Waals surface area contributed by atoms with Crippen LogP contribution in [0.25, 0.3) is 11.0 Å². The fourth-order valence-corrected chi connectivity index (χ4v) is 2.15. The normalized spacial score (nSPS) is 14.1. The molecule has 0 saturated carbocycles. The molecule has 0 amide bonds. The molecule has 1 N–H and O–H groups in total. The number of hydrogen-bond donors (Lipinski definition) is 1. The van der Waals surface area contributed by atoms with E-state index >= 15 is 0 Å². The lowest BCUT2D eigenvalue weighted by molar-refractivity contribution is 0.234. The Balaban J connectivity index is 2.49. The Morgan fingerprint density at radius 3 is 2.67 bits per heavy atom. The number of aromatic amines is 1. The Labute approximate surface area is 112 Å². The summed E-state index contributed by atoms with van der Waals surface area (Å²) in [6.45, 7) is 9.61. The largest absolute Gasteiger partial charge is 0.328 e. The molecule has 0 aliphatic rings. The summed E-state index contributed by atoms with van der Waals surface area (Å²) in [4.78, 5) is 2.95. The number of imidazole rings is 1. The number of nitrogens with zero attached hydrogens (tertiary/aromatic N) is 1. The van der Waals surface area contributed by atoms with Crippen molar-refractivity contribution in [3.63, 3.8) is 0 Å². The number of aromatic nitrogens is 2. The number of benzene rings is 1. The van der Waals surface area contributed by atoms with Crippen LogP contribution >= 0.6 is 12.2 Å². The van der Waals surface area contributed by atoms with E-state index in [9.17, 15) is 4.39 Å². The summed E-state index contributed by atoms with van der Waals surface area (Å²) in [5, 5.41) is 0. The topological polar surface area (TPSA) is 20.7 Å². The fourth-order valence-electron chi connectivity index (χ4n) is 1.87. The molecule has 1 heterocycles. The lowest BCUT2D eigenvalue weighted by atomic mass is 9.82. The van der Waals surface area contributed by atoms with Gasteiger partial charge in [0.25, 0.3) is 0 Å². The third-order valence-electron chi connectivity index (χ3n) is 3.69. The van der Waals surface area contributed by atoms with E-state index in [1.807, 2.05) is 10.6 Å². The molecule has 0 aliphatic carbocycles. The molecule has 2 nitrogen and oxygen atoms in total. The highest BCUT2D eigenvalue weighted by Gasteiger charge is 2.21. The number of H-pyrrole nitrogens is 1. The van der Waals surface area contributed by atoms with Crippen molar-refractivity contribution in [1.82, 2.24) is 9.55 Å². The van der Waals surface area contributed by atoms with E-state index in [4.69, 9.17) is 12.2 Å². The minimum atomic E-state index is -0.249. The Bertz CT molecular complexity index is 619. The number of hydrogen-bond acceptors (Lipinski definition) is 1. The van der Waals surface area contributed by atoms with Crippen molar-refractivity contribution in [2.45, 2.75) is 34.2 Å². The second kappa shape index (κ2) is 4.50. The average molecular weight is 266 g/mol. The molecule has 1 aromatic heterocycles. The smallest absolute Gasteiger partial charge is 0.178 e. The number of para-hydroxylation sites is 1. The van der Waals surface area contributed by atoms with Crippen molar-refractivity contribution in [2.24, 2.45) is 11.3 Å². The Morgan fingerprint density at radius 1 is 1.39 bits per heavy atom. The first kappa shape index (κ1) is 13.3. The second-order valence-electron chi connectivity index (χ2n) is 5.94. The number of halogens is 1. The van der Waals surface area contributed by atoms with Crippen LogP contribution in [0.4, 0.5) is 4.39 Å². The molecule has 2 rings (SSSR count). The molecule has 0 spiro atoms. The Hall–Kier alpha value is -1.16. The van der Waals surface area contributed by atoms with Crippen molar-refractivity contribution in [3.8, 4) is 0 Å². The zero-order chi connectivity index (χ0) is 13.5. The zero-order valence-corrected chi connectivity index (χ0v) is 12.1. The van der Waals surface area contributed by atoms with Gasteiger partial charge in [-0.05, 0) is 35.7 Å². The highest BCUT2D eigenvalue weighted by Crippen LogP contribution is 2.28. The van der Waals surface area contributed by atoms with Crippen molar-refractivity contribution < 1.29 is 4.39 Å². The molecule has 0 bridgehead atoms. The van der Waals surface area contributed by atoms with Crippen LogP contribution in [0.5, 0.6) is 0 Å². The highest BCUT2D eigenvalue weighted by molar-refractivity contribution is 7.71. The maximum Gasteiger partial charge on any atom is 0.178 e. The van der Waals surface area contributed by atoms with E-state index in [0.29, 0.717) is 16.2 Å². The molecule has 18 heavy (non-hydrogen) atoms. The van der Waals surface area contributed by atoms with Crippen LogP contribution in [0, 0.1) is 21.9 Å². The lowest BCUT2D eigenvalue weighted by Gasteiger charge is -2.27. The Kier molecular flexibility index (Phi) is 3.32. The summed E-state index contributed by atoms with van der Waals surface area (Å²) < 4.78 is 16.2. The van der Waals surface area contributed by atoms with Gasteiger partial charge in [0, 0.05) is 6.54 Å². The van der Waals surface area contributed by atoms with E-state index in [1.165, 1.54) is 6.07 Å². The summed E-state index contributed by atoms with van der Waals surface area (Å²) in [6, 6.07) is 5.07. The first-order chi connectivity index (χ1) is 8.30. The van der Waals surface area contributed by atoms with Crippen molar-refractivity contribution in [1.29, 1.82) is 0 Å². The first-order valence-corrected chi connectivity index (χ1v) is 6.58. The molecule has 98 valence electrons. The van der Waals surface area contributed by atoms with Crippen LogP contribution < -0.4 is 0 Å². The van der Waals surface area contributed by atoms with Gasteiger partial charge in [0.1, 0.15) is 11.3 Å². The minimum absolute atomic E-state index is 0.200. The van der Waals surface area contributed by atoms with E-state index in [2.05, 4.69) is 32.7 Å². The maximum atomic E-state index is 13.7. The lowest BCUT2D eigenvalue weighted by Crippen LogP contribution is -2.22. The van der Waals surface area contributed by atoms with Crippen LogP contribution in [0.3, 0.4) is 0 Å². The molecule has 1 atom stereocenters. The third-order valence-corrected chi connectivity index (χ3v) is 4.02. The van der Waals surface area contributed by atoms with E-state index in [0.717, 1.165) is 12.1 Å². The third kappa shape index (κ3) is 2.34. The van der Waals surface area contributed by atoms with Gasteiger partial charge >= 0.3 is 0 Å². The highest BCUT2D eigenvalue weighted by atomic mass is 32.1. The summed E-state index contributed by atoms with van der Waals surface area (Å²) in [5.74, 6) is 0.201. The van der Waals surface area contributed by atoms with Crippen LogP contribution in [0.2, 0.25) is 0 Å². The quantitative estimate of drug-likeness (QED) is 0.793. The van der Waals surface area contributed by atoms with Crippen LogP contribution in [-0.2, 0) is 6.54 Å². The van der Waals surface area contributed by atoms with Crippen molar-refractivity contribution in [3.05, 3.63) is 28.8 Å². The summed E-state index contributed by atoms with van der Waals surface area (Å²) >= 11 is 5.29. The van der Waals surface area contributed by atoms with E-state index in [1.54, 1.807) is 6.07 Å². The SMILES string of the molecule is CC(Cn1c(=S)[nH]c2c(F)cccc21)C(C)(C)C. The Morgan fingerprint density at radius 2 is 2.06 bits per heavy atom. The van der Waals surface area contributed by atoms with Gasteiger partial charge in [0.2, 0.25) is 0 Å². The number of rotatable bonds is 2. The predicted octanol–water partition coefficient (Wildman–Crippen LogP) is 4.52. The summed E-state index contributed by atoms with van der Waals surface area (Å²) in [7, 11) is 0. The van der Waals surface area contributed by atoms with Gasteiger partial charge in [0.05, 0.1) is 5.52 Å². The van der Waals surface area contributed by atoms with E-state index in [-0.39, 0.29) is 11.2 Å². The molecule has 2 aromatic rings. The van der Waals surface area contributed by atoms with Gasteiger partial charge in [-0.25, -0.2) is 4.39 Å². The van der Waals surface area contributed by atoms with Crippen LogP contribution in [0.15, 0.2) is 18.2 Å². The zero-order valence-electron chi connectivity index (χ0n) is 11.2. The summed E-state index contributed by atoms with van der Waals surface area (Å²) in [6.07, 6.45) is 0. The first-order valence-electron chi connectivity index (χ1n) is 6.17. The van der Waals surface area contributed by atoms with Crippen molar-refractivity contribution in [2.75, 3.05) is 0 Å². The van der Waals surface area contributed by atoms with Gasteiger partial charge in [-0.15, -0.1) is 0 Å². The molecule has 4 heteroatoms. The van der Waals surface area contributed by atoms with Gasteiger partial charge < -0.3 is 9.55 Å². The predicted molar refractivity (Wildman–Crippen MR) is 75.7 cm³/mol. The molecular formula is C14H19FN2S. The van der Waals surface area contributed by atoms with Gasteiger partial charge in [-0.2, -0.15) is 0 Å². The molecule has 0 saturated heterocycles. The van der Waals surface area contributed by atoms with Gasteiger partial charge in [0.15, 0.2) is 4.77 Å². The van der Waals surface area contributed by atoms with Gasteiger partial charge in [-0.3, -0.25) is 0 Å². The number of nitrogens with one attached hydrogen (secondary N) is 1. The minimum Gasteiger partial charge on any atom is -0.328 e. The second-order valence-corrected chi connectivity index (χ2v) is 6.33. The van der Waals surface area contributed by atoms with Gasteiger partial charge in [-0.1, -0.05) is 33.8 Å². The molecule has 0 fully saturated rings.